The van der Waals surface area contributed by atoms with E-state index in [-0.39, 0.29) is 35.1 Å². The fraction of sp³-hybridized carbons (Fsp3) is 0.417. The summed E-state index contributed by atoms with van der Waals surface area (Å²) in [5.74, 6) is -0.610. The van der Waals surface area contributed by atoms with Crippen molar-refractivity contribution >= 4 is 17.3 Å². The number of carbonyl (C=O) groups excluding carboxylic acids is 1. The largest absolute Gasteiger partial charge is 0.508 e. The van der Waals surface area contributed by atoms with Gasteiger partial charge >= 0.3 is 0 Å². The van der Waals surface area contributed by atoms with Gasteiger partial charge < -0.3 is 15.7 Å². The fourth-order valence-electron chi connectivity index (χ4n) is 1.32. The first kappa shape index (κ1) is 14.9. The molecule has 0 aliphatic rings. The number of amides is 1. The Kier molecular flexibility index (Phi) is 4.44. The quantitative estimate of drug-likeness (QED) is 0.437. The van der Waals surface area contributed by atoms with Gasteiger partial charge in [-0.15, -0.1) is 0 Å². The van der Waals surface area contributed by atoms with Crippen LogP contribution in [0.1, 0.15) is 20.8 Å². The molecule has 0 spiro atoms. The minimum atomic E-state index is -0.660. The van der Waals surface area contributed by atoms with Gasteiger partial charge in [0.25, 0.3) is 5.69 Å². The maximum absolute atomic E-state index is 11.7. The first-order valence-electron chi connectivity index (χ1n) is 5.71. The molecular formula is C12H17N3O4. The third-order valence-electron chi connectivity index (χ3n) is 2.23. The highest BCUT2D eigenvalue weighted by Gasteiger charge is 2.17. The number of nitro benzene ring substituents is 1. The van der Waals surface area contributed by atoms with Gasteiger partial charge in [-0.2, -0.15) is 0 Å². The Hall–Kier alpha value is -2.15. The molecule has 0 saturated carbocycles. The summed E-state index contributed by atoms with van der Waals surface area (Å²) in [6, 6.07) is 3.56. The lowest BCUT2D eigenvalue weighted by Crippen LogP contribution is -2.41. The van der Waals surface area contributed by atoms with Crippen LogP contribution >= 0.6 is 0 Å². The molecule has 1 rings (SSSR count). The van der Waals surface area contributed by atoms with Crippen molar-refractivity contribution in [3.8, 4) is 5.75 Å². The minimum Gasteiger partial charge on any atom is -0.508 e. The molecule has 7 heteroatoms. The summed E-state index contributed by atoms with van der Waals surface area (Å²) < 4.78 is 0. The van der Waals surface area contributed by atoms with Crippen LogP contribution in [0.2, 0.25) is 0 Å². The summed E-state index contributed by atoms with van der Waals surface area (Å²) in [5, 5.41) is 25.4. The van der Waals surface area contributed by atoms with E-state index in [2.05, 4.69) is 10.6 Å². The second-order valence-corrected chi connectivity index (χ2v) is 5.11. The average Bonchev–Trinajstić information content (AvgIpc) is 2.28. The number of hydrogen-bond acceptors (Lipinski definition) is 5. The van der Waals surface area contributed by atoms with Crippen molar-refractivity contribution in [2.45, 2.75) is 26.3 Å². The van der Waals surface area contributed by atoms with Crippen molar-refractivity contribution in [3.63, 3.8) is 0 Å². The maximum atomic E-state index is 11.7. The molecule has 19 heavy (non-hydrogen) atoms. The topological polar surface area (TPSA) is 104 Å². The molecule has 0 atom stereocenters. The first-order valence-corrected chi connectivity index (χ1v) is 5.71. The summed E-state index contributed by atoms with van der Waals surface area (Å²) in [5.41, 5.74) is -0.509. The lowest BCUT2D eigenvalue weighted by atomic mass is 10.1. The Morgan fingerprint density at radius 1 is 1.42 bits per heavy atom. The van der Waals surface area contributed by atoms with E-state index in [0.29, 0.717) is 0 Å². The van der Waals surface area contributed by atoms with Crippen LogP contribution < -0.4 is 10.6 Å². The number of benzene rings is 1. The van der Waals surface area contributed by atoms with Crippen LogP contribution in [0.4, 0.5) is 11.4 Å². The number of phenolic OH excluding ortho intramolecular Hbond substituents is 1. The van der Waals surface area contributed by atoms with Crippen molar-refractivity contribution < 1.29 is 14.8 Å². The van der Waals surface area contributed by atoms with Gasteiger partial charge in [0.05, 0.1) is 17.5 Å². The van der Waals surface area contributed by atoms with Crippen LogP contribution in [0.25, 0.3) is 0 Å². The molecule has 0 unspecified atom stereocenters. The summed E-state index contributed by atoms with van der Waals surface area (Å²) >= 11 is 0. The zero-order valence-corrected chi connectivity index (χ0v) is 11.1. The van der Waals surface area contributed by atoms with E-state index in [4.69, 9.17) is 0 Å². The number of nitro groups is 1. The van der Waals surface area contributed by atoms with Crippen LogP contribution in [-0.4, -0.2) is 28.0 Å². The van der Waals surface area contributed by atoms with Crippen LogP contribution in [-0.2, 0) is 4.79 Å². The van der Waals surface area contributed by atoms with Gasteiger partial charge in [0.2, 0.25) is 5.91 Å². The molecule has 104 valence electrons. The predicted molar refractivity (Wildman–Crippen MR) is 71.1 cm³/mol. The lowest BCUT2D eigenvalue weighted by Gasteiger charge is -2.19. The van der Waals surface area contributed by atoms with Gasteiger partial charge in [-0.25, -0.2) is 0 Å². The van der Waals surface area contributed by atoms with Crippen molar-refractivity contribution in [2.75, 3.05) is 11.9 Å². The van der Waals surface area contributed by atoms with E-state index in [1.165, 1.54) is 12.1 Å². The average molecular weight is 267 g/mol. The number of aromatic hydroxyl groups is 1. The van der Waals surface area contributed by atoms with Crippen LogP contribution in [0.15, 0.2) is 18.2 Å². The van der Waals surface area contributed by atoms with E-state index in [1.54, 1.807) is 0 Å². The summed E-state index contributed by atoms with van der Waals surface area (Å²) in [6.07, 6.45) is 0. The predicted octanol–water partition coefficient (Wildman–Crippen LogP) is 1.63. The highest BCUT2D eigenvalue weighted by atomic mass is 16.6. The van der Waals surface area contributed by atoms with E-state index in [0.717, 1.165) is 6.07 Å². The molecule has 1 aromatic rings. The standard InChI is InChI=1S/C12H17N3O4/c1-12(2,3)13-7-11(17)14-9-5-4-8(16)6-10(9)15(18)19/h4-6,13,16H,7H2,1-3H3,(H,14,17). The normalized spacial score (nSPS) is 11.1. The summed E-state index contributed by atoms with van der Waals surface area (Å²) in [4.78, 5) is 21.8. The molecule has 0 aliphatic heterocycles. The first-order chi connectivity index (χ1) is 8.69. The van der Waals surface area contributed by atoms with Crippen molar-refractivity contribution in [1.29, 1.82) is 0 Å². The van der Waals surface area contributed by atoms with Gasteiger partial charge in [0.15, 0.2) is 0 Å². The van der Waals surface area contributed by atoms with E-state index in [1.807, 2.05) is 20.8 Å². The molecule has 0 heterocycles. The number of rotatable bonds is 4. The van der Waals surface area contributed by atoms with Gasteiger partial charge in [0, 0.05) is 5.54 Å². The molecule has 0 aromatic heterocycles. The minimum absolute atomic E-state index is 0.0432. The molecular weight excluding hydrogens is 250 g/mol. The number of phenols is 1. The van der Waals surface area contributed by atoms with Crippen molar-refractivity contribution in [3.05, 3.63) is 28.3 Å². The second kappa shape index (κ2) is 5.66. The van der Waals surface area contributed by atoms with Gasteiger partial charge in [-0.05, 0) is 32.9 Å². The number of anilines is 1. The molecule has 0 aliphatic carbocycles. The molecule has 0 fully saturated rings. The molecule has 0 bridgehead atoms. The molecule has 1 aromatic carbocycles. The highest BCUT2D eigenvalue weighted by Crippen LogP contribution is 2.28. The van der Waals surface area contributed by atoms with Gasteiger partial charge in [-0.1, -0.05) is 0 Å². The molecule has 0 saturated heterocycles. The summed E-state index contributed by atoms with van der Waals surface area (Å²) in [7, 11) is 0. The highest BCUT2D eigenvalue weighted by molar-refractivity contribution is 5.94. The van der Waals surface area contributed by atoms with Crippen molar-refractivity contribution in [2.24, 2.45) is 0 Å². The Balaban J connectivity index is 2.77. The zero-order chi connectivity index (χ0) is 14.6. The smallest absolute Gasteiger partial charge is 0.296 e. The van der Waals surface area contributed by atoms with Crippen LogP contribution in [0.5, 0.6) is 5.75 Å². The zero-order valence-electron chi connectivity index (χ0n) is 11.1. The SMILES string of the molecule is CC(C)(C)NCC(=O)Nc1ccc(O)cc1[N+](=O)[O-]. The monoisotopic (exact) mass is 267 g/mol. The van der Waals surface area contributed by atoms with Crippen LogP contribution in [0.3, 0.4) is 0 Å². The number of carbonyl (C=O) groups is 1. The van der Waals surface area contributed by atoms with Gasteiger partial charge in [-0.3, -0.25) is 14.9 Å². The van der Waals surface area contributed by atoms with E-state index in [9.17, 15) is 20.0 Å². The Morgan fingerprint density at radius 3 is 2.58 bits per heavy atom. The van der Waals surface area contributed by atoms with Gasteiger partial charge in [0.1, 0.15) is 11.4 Å². The third kappa shape index (κ3) is 4.92. The van der Waals surface area contributed by atoms with Crippen LogP contribution in [0, 0.1) is 10.1 Å². The fourth-order valence-corrected chi connectivity index (χ4v) is 1.32. The lowest BCUT2D eigenvalue weighted by molar-refractivity contribution is -0.384. The Morgan fingerprint density at radius 2 is 2.05 bits per heavy atom. The maximum Gasteiger partial charge on any atom is 0.296 e. The number of nitrogens with zero attached hydrogens (tertiary/aromatic N) is 1. The third-order valence-corrected chi connectivity index (χ3v) is 2.23. The molecule has 7 nitrogen and oxygen atoms in total. The summed E-state index contributed by atoms with van der Waals surface area (Å²) in [6.45, 7) is 5.76. The number of hydrogen-bond donors (Lipinski definition) is 3. The molecule has 1 amide bonds. The van der Waals surface area contributed by atoms with E-state index >= 15 is 0 Å². The Bertz CT molecular complexity index is 494. The number of nitrogens with one attached hydrogen (secondary N) is 2. The Labute approximate surface area is 110 Å². The molecule has 3 N–H and O–H groups in total. The van der Waals surface area contributed by atoms with E-state index < -0.39 is 4.92 Å². The second-order valence-electron chi connectivity index (χ2n) is 5.11. The van der Waals surface area contributed by atoms with Crippen molar-refractivity contribution in [1.82, 2.24) is 5.32 Å². The molecule has 0 radical (unpaired) electrons.